The summed E-state index contributed by atoms with van der Waals surface area (Å²) in [6, 6.07) is 27.9. The van der Waals surface area contributed by atoms with E-state index in [9.17, 15) is 9.59 Å². The van der Waals surface area contributed by atoms with Crippen LogP contribution in [0.15, 0.2) is 84.9 Å². The van der Waals surface area contributed by atoms with Crippen LogP contribution in [-0.2, 0) is 4.79 Å². The van der Waals surface area contributed by atoms with E-state index in [1.54, 1.807) is 12.1 Å². The summed E-state index contributed by atoms with van der Waals surface area (Å²) in [5, 5.41) is 0. The van der Waals surface area contributed by atoms with Gasteiger partial charge in [0.15, 0.2) is 0 Å². The van der Waals surface area contributed by atoms with E-state index < -0.39 is 0 Å². The molecule has 4 nitrogen and oxygen atoms in total. The third kappa shape index (κ3) is 4.77. The summed E-state index contributed by atoms with van der Waals surface area (Å²) < 4.78 is 0. The lowest BCUT2D eigenvalue weighted by Gasteiger charge is -2.28. The Morgan fingerprint density at radius 1 is 0.633 bits per heavy atom. The SMILES string of the molecule is O=C(NNC(=O)C1CCC(c2ccccc2)CC1)c1ccc(-c2ccccc2)cc1. The maximum atomic E-state index is 12.5. The molecule has 0 radical (unpaired) electrons. The first-order valence-electron chi connectivity index (χ1n) is 10.5. The fourth-order valence-electron chi connectivity index (χ4n) is 4.15. The second-order valence-corrected chi connectivity index (χ2v) is 7.85. The van der Waals surface area contributed by atoms with Gasteiger partial charge in [-0.25, -0.2) is 0 Å². The van der Waals surface area contributed by atoms with Crippen LogP contribution >= 0.6 is 0 Å². The van der Waals surface area contributed by atoms with Crippen LogP contribution in [0.4, 0.5) is 0 Å². The number of amides is 2. The quantitative estimate of drug-likeness (QED) is 0.602. The second kappa shape index (κ2) is 9.40. The van der Waals surface area contributed by atoms with Crippen molar-refractivity contribution in [1.82, 2.24) is 10.9 Å². The zero-order valence-corrected chi connectivity index (χ0v) is 16.9. The molecule has 4 rings (SSSR count). The highest BCUT2D eigenvalue weighted by atomic mass is 16.2. The van der Waals surface area contributed by atoms with E-state index in [4.69, 9.17) is 0 Å². The minimum absolute atomic E-state index is 0.0503. The molecular formula is C26H26N2O2. The Labute approximate surface area is 177 Å². The summed E-state index contributed by atoms with van der Waals surface area (Å²) in [6.07, 6.45) is 3.67. The average Bonchev–Trinajstić information content (AvgIpc) is 2.83. The minimum atomic E-state index is -0.305. The molecule has 0 aromatic heterocycles. The van der Waals surface area contributed by atoms with Crippen molar-refractivity contribution in [3.8, 4) is 11.1 Å². The van der Waals surface area contributed by atoms with Crippen molar-refractivity contribution in [1.29, 1.82) is 0 Å². The molecule has 152 valence electrons. The monoisotopic (exact) mass is 398 g/mol. The van der Waals surface area contributed by atoms with Crippen molar-refractivity contribution in [2.75, 3.05) is 0 Å². The van der Waals surface area contributed by atoms with Gasteiger partial charge in [-0.1, -0.05) is 72.8 Å². The smallest absolute Gasteiger partial charge is 0.269 e. The lowest BCUT2D eigenvalue weighted by atomic mass is 9.78. The van der Waals surface area contributed by atoms with Crippen LogP contribution in [0.1, 0.15) is 47.5 Å². The molecule has 30 heavy (non-hydrogen) atoms. The number of carbonyl (C=O) groups is 2. The van der Waals surface area contributed by atoms with Gasteiger partial charge in [-0.05, 0) is 60.4 Å². The van der Waals surface area contributed by atoms with Crippen molar-refractivity contribution < 1.29 is 9.59 Å². The van der Waals surface area contributed by atoms with Gasteiger partial charge in [0, 0.05) is 11.5 Å². The molecule has 1 saturated carbocycles. The largest absolute Gasteiger partial charge is 0.273 e. The highest BCUT2D eigenvalue weighted by molar-refractivity contribution is 5.96. The maximum absolute atomic E-state index is 12.5. The molecule has 0 saturated heterocycles. The van der Waals surface area contributed by atoms with E-state index in [0.29, 0.717) is 11.5 Å². The molecule has 0 bridgehead atoms. The Morgan fingerprint density at radius 3 is 1.83 bits per heavy atom. The zero-order valence-electron chi connectivity index (χ0n) is 16.9. The molecule has 1 aliphatic rings. The van der Waals surface area contributed by atoms with Crippen LogP contribution in [0.5, 0.6) is 0 Å². The predicted molar refractivity (Wildman–Crippen MR) is 119 cm³/mol. The lowest BCUT2D eigenvalue weighted by molar-refractivity contribution is -0.126. The molecule has 1 fully saturated rings. The number of benzene rings is 3. The minimum Gasteiger partial charge on any atom is -0.273 e. The van der Waals surface area contributed by atoms with Crippen LogP contribution in [0.3, 0.4) is 0 Å². The highest BCUT2D eigenvalue weighted by Gasteiger charge is 2.27. The highest BCUT2D eigenvalue weighted by Crippen LogP contribution is 2.35. The molecule has 1 aliphatic carbocycles. The van der Waals surface area contributed by atoms with Gasteiger partial charge in [-0.2, -0.15) is 0 Å². The molecule has 2 amide bonds. The Bertz CT molecular complexity index is 977. The lowest BCUT2D eigenvalue weighted by Crippen LogP contribution is -2.45. The Kier molecular flexibility index (Phi) is 6.23. The molecule has 0 atom stereocenters. The first-order chi connectivity index (χ1) is 14.7. The topological polar surface area (TPSA) is 58.2 Å². The molecule has 4 heteroatoms. The van der Waals surface area contributed by atoms with Crippen molar-refractivity contribution in [3.05, 3.63) is 96.1 Å². The maximum Gasteiger partial charge on any atom is 0.269 e. The van der Waals surface area contributed by atoms with Gasteiger partial charge in [0.25, 0.3) is 5.91 Å². The summed E-state index contributed by atoms with van der Waals surface area (Å²) in [7, 11) is 0. The summed E-state index contributed by atoms with van der Waals surface area (Å²) >= 11 is 0. The fourth-order valence-corrected chi connectivity index (χ4v) is 4.15. The van der Waals surface area contributed by atoms with Crippen LogP contribution in [0.25, 0.3) is 11.1 Å². The average molecular weight is 399 g/mol. The summed E-state index contributed by atoms with van der Waals surface area (Å²) in [4.78, 5) is 24.9. The third-order valence-corrected chi connectivity index (χ3v) is 5.92. The van der Waals surface area contributed by atoms with Crippen LogP contribution in [0, 0.1) is 5.92 Å². The number of nitrogens with one attached hydrogen (secondary N) is 2. The van der Waals surface area contributed by atoms with Gasteiger partial charge in [0.1, 0.15) is 0 Å². The standard InChI is InChI=1S/C26H26N2O2/c29-25(23-15-11-21(12-16-23)19-7-3-1-4-8-19)27-28-26(30)24-17-13-22(14-18-24)20-9-5-2-6-10-20/h1-12,15-16,22,24H,13-14,17-18H2,(H,27,29)(H,28,30). The first-order valence-corrected chi connectivity index (χ1v) is 10.5. The number of rotatable bonds is 4. The second-order valence-electron chi connectivity index (χ2n) is 7.85. The van der Waals surface area contributed by atoms with E-state index >= 15 is 0 Å². The van der Waals surface area contributed by atoms with E-state index in [1.807, 2.05) is 48.5 Å². The molecule has 0 unspecified atom stereocenters. The van der Waals surface area contributed by atoms with Crippen molar-refractivity contribution >= 4 is 11.8 Å². The third-order valence-electron chi connectivity index (χ3n) is 5.92. The van der Waals surface area contributed by atoms with E-state index in [-0.39, 0.29) is 17.7 Å². The zero-order chi connectivity index (χ0) is 20.8. The Morgan fingerprint density at radius 2 is 1.20 bits per heavy atom. The van der Waals surface area contributed by atoms with E-state index in [2.05, 4.69) is 35.1 Å². The summed E-state index contributed by atoms with van der Waals surface area (Å²) in [6.45, 7) is 0. The molecule has 3 aromatic rings. The van der Waals surface area contributed by atoms with Crippen molar-refractivity contribution in [2.24, 2.45) is 5.92 Å². The molecule has 2 N–H and O–H groups in total. The first kappa shape index (κ1) is 19.9. The molecule has 0 aliphatic heterocycles. The van der Waals surface area contributed by atoms with Gasteiger partial charge in [0.05, 0.1) is 0 Å². The number of carbonyl (C=O) groups excluding carboxylic acids is 2. The Hall–Kier alpha value is -3.40. The molecule has 3 aromatic carbocycles. The normalized spacial score (nSPS) is 18.4. The van der Waals surface area contributed by atoms with E-state index in [0.717, 1.165) is 36.8 Å². The number of hydrogen-bond acceptors (Lipinski definition) is 2. The van der Waals surface area contributed by atoms with Gasteiger partial charge in [-0.3, -0.25) is 20.4 Å². The van der Waals surface area contributed by atoms with Gasteiger partial charge in [-0.15, -0.1) is 0 Å². The van der Waals surface area contributed by atoms with Crippen LogP contribution in [-0.4, -0.2) is 11.8 Å². The molecule has 0 heterocycles. The van der Waals surface area contributed by atoms with Crippen molar-refractivity contribution in [2.45, 2.75) is 31.6 Å². The van der Waals surface area contributed by atoms with Crippen molar-refractivity contribution in [3.63, 3.8) is 0 Å². The van der Waals surface area contributed by atoms with Gasteiger partial charge >= 0.3 is 0 Å². The Balaban J connectivity index is 1.26. The van der Waals surface area contributed by atoms with Gasteiger partial charge < -0.3 is 0 Å². The predicted octanol–water partition coefficient (Wildman–Crippen LogP) is 5.09. The summed E-state index contributed by atoms with van der Waals surface area (Å²) in [5.41, 5.74) is 9.19. The number of hydrogen-bond donors (Lipinski definition) is 2. The fraction of sp³-hybridized carbons (Fsp3) is 0.231. The van der Waals surface area contributed by atoms with Gasteiger partial charge in [0.2, 0.25) is 5.91 Å². The number of hydrazine groups is 1. The summed E-state index contributed by atoms with van der Waals surface area (Å²) in [5.74, 6) is 0.0652. The molecular weight excluding hydrogens is 372 g/mol. The van der Waals surface area contributed by atoms with E-state index in [1.165, 1.54) is 5.56 Å². The molecule has 0 spiro atoms. The van der Waals surface area contributed by atoms with Crippen LogP contribution < -0.4 is 10.9 Å². The van der Waals surface area contributed by atoms with Crippen LogP contribution in [0.2, 0.25) is 0 Å².